The van der Waals surface area contributed by atoms with Gasteiger partial charge in [0, 0.05) is 83.8 Å². The number of amides is 1. The van der Waals surface area contributed by atoms with Crippen LogP contribution in [0.15, 0.2) is 34.2 Å². The summed E-state index contributed by atoms with van der Waals surface area (Å²) in [5.74, 6) is -0.413. The van der Waals surface area contributed by atoms with Crippen LogP contribution in [-0.2, 0) is 6.54 Å². The number of aryl methyl sites for hydroxylation is 1. The second-order valence-electron chi connectivity index (χ2n) is 11.9. The van der Waals surface area contributed by atoms with E-state index in [1.165, 1.54) is 16.7 Å². The monoisotopic (exact) mass is 660 g/mol. The van der Waals surface area contributed by atoms with E-state index in [2.05, 4.69) is 20.3 Å². The Hall–Kier alpha value is -3.78. The number of H-pyrrole nitrogens is 1. The van der Waals surface area contributed by atoms with Gasteiger partial charge in [0.2, 0.25) is 5.95 Å². The highest BCUT2D eigenvalue weighted by atomic mass is 32.2. The lowest BCUT2D eigenvalue weighted by atomic mass is 9.89. The summed E-state index contributed by atoms with van der Waals surface area (Å²) in [6.07, 6.45) is 1.83. The van der Waals surface area contributed by atoms with E-state index in [-0.39, 0.29) is 31.1 Å². The molecule has 1 unspecified atom stereocenters. The zero-order chi connectivity index (χ0) is 33.4. The maximum atomic E-state index is 13.7. The van der Waals surface area contributed by atoms with Crippen LogP contribution in [0.1, 0.15) is 53.9 Å². The van der Waals surface area contributed by atoms with E-state index in [1.54, 1.807) is 39.2 Å². The predicted octanol–water partition coefficient (Wildman–Crippen LogP) is 5.32. The maximum absolute atomic E-state index is 13.7. The Balaban J connectivity index is 1.47. The van der Waals surface area contributed by atoms with E-state index in [0.29, 0.717) is 64.7 Å². The number of ether oxygens (including phenoxy) is 2. The molecule has 1 aromatic carbocycles. The Bertz CT molecular complexity index is 1660. The number of alkyl halides is 3. The standard InChI is InChI=1S/C32H39F3N6O4S/c1-7-40(5)30-37-14-20(15-38-30)23-13-22(28(42)36-16-24-25(46-6)12-18(2)39-29(24)43)19(3)26-27(23)45-31(4,44-26)21-8-10-41(11-9-21)17-32(33,34)35/h12-15,21H,7-11,16-17H2,1-6H3,(H,36,42)(H,39,43). The number of thioether (sulfide) groups is 1. The van der Waals surface area contributed by atoms with Gasteiger partial charge in [-0.05, 0) is 65.1 Å². The number of rotatable bonds is 9. The number of nitrogens with zero attached hydrogens (tertiary/aromatic N) is 4. The summed E-state index contributed by atoms with van der Waals surface area (Å²) in [5.41, 5.74) is 2.94. The molecule has 248 valence electrons. The first-order valence-electron chi connectivity index (χ1n) is 15.2. The first kappa shape index (κ1) is 33.6. The average molecular weight is 661 g/mol. The normalized spacial score (nSPS) is 18.5. The van der Waals surface area contributed by atoms with Crippen molar-refractivity contribution in [2.24, 2.45) is 5.92 Å². The van der Waals surface area contributed by atoms with Gasteiger partial charge in [-0.2, -0.15) is 13.2 Å². The predicted molar refractivity (Wildman–Crippen MR) is 171 cm³/mol. The largest absolute Gasteiger partial charge is 0.448 e. The Labute approximate surface area is 270 Å². The third-order valence-corrected chi connectivity index (χ3v) is 9.51. The molecule has 46 heavy (non-hydrogen) atoms. The molecular weight excluding hydrogens is 621 g/mol. The van der Waals surface area contributed by atoms with E-state index in [9.17, 15) is 22.8 Å². The third-order valence-electron chi connectivity index (χ3n) is 8.71. The topological polar surface area (TPSA) is 113 Å². The second kappa shape index (κ2) is 13.1. The van der Waals surface area contributed by atoms with Gasteiger partial charge in [-0.3, -0.25) is 14.5 Å². The van der Waals surface area contributed by atoms with Crippen LogP contribution in [0.2, 0.25) is 0 Å². The highest BCUT2D eigenvalue weighted by molar-refractivity contribution is 7.98. The van der Waals surface area contributed by atoms with Gasteiger partial charge < -0.3 is 24.7 Å². The van der Waals surface area contributed by atoms with Gasteiger partial charge in [0.05, 0.1) is 6.54 Å². The molecule has 2 aliphatic heterocycles. The van der Waals surface area contributed by atoms with Crippen molar-refractivity contribution in [3.05, 3.63) is 57.3 Å². The molecule has 0 saturated carbocycles. The summed E-state index contributed by atoms with van der Waals surface area (Å²) >= 11 is 1.43. The van der Waals surface area contributed by atoms with Crippen molar-refractivity contribution in [2.75, 3.05) is 44.4 Å². The van der Waals surface area contributed by atoms with Crippen LogP contribution in [-0.4, -0.2) is 77.2 Å². The van der Waals surface area contributed by atoms with Crippen LogP contribution in [0.3, 0.4) is 0 Å². The number of aromatic nitrogens is 3. The Morgan fingerprint density at radius 1 is 1.17 bits per heavy atom. The lowest BCUT2D eigenvalue weighted by Gasteiger charge is -2.39. The molecule has 14 heteroatoms. The quantitative estimate of drug-likeness (QED) is 0.295. The summed E-state index contributed by atoms with van der Waals surface area (Å²) in [5, 5.41) is 2.90. The minimum Gasteiger partial charge on any atom is -0.448 e. The van der Waals surface area contributed by atoms with Gasteiger partial charge in [0.1, 0.15) is 0 Å². The van der Waals surface area contributed by atoms with E-state index >= 15 is 0 Å². The van der Waals surface area contributed by atoms with Crippen LogP contribution >= 0.6 is 11.8 Å². The van der Waals surface area contributed by atoms with Gasteiger partial charge in [-0.15, -0.1) is 11.8 Å². The second-order valence-corrected chi connectivity index (χ2v) is 12.8. The first-order chi connectivity index (χ1) is 21.7. The molecule has 1 amide bonds. The van der Waals surface area contributed by atoms with Crippen LogP contribution in [0, 0.1) is 19.8 Å². The van der Waals surface area contributed by atoms with E-state index in [1.807, 2.05) is 31.2 Å². The maximum Gasteiger partial charge on any atom is 0.401 e. The molecule has 1 atom stereocenters. The fourth-order valence-corrected chi connectivity index (χ4v) is 6.67. The number of carbonyl (C=O) groups excluding carboxylic acids is 1. The molecule has 1 saturated heterocycles. The summed E-state index contributed by atoms with van der Waals surface area (Å²) in [4.78, 5) is 42.3. The molecule has 5 rings (SSSR count). The Kier molecular flexibility index (Phi) is 9.60. The Morgan fingerprint density at radius 2 is 1.83 bits per heavy atom. The van der Waals surface area contributed by atoms with Crippen LogP contribution in [0.25, 0.3) is 11.1 Å². The molecule has 0 aliphatic carbocycles. The molecule has 0 radical (unpaired) electrons. The molecule has 2 aromatic heterocycles. The van der Waals surface area contributed by atoms with Crippen molar-refractivity contribution in [1.29, 1.82) is 0 Å². The minimum atomic E-state index is -4.26. The summed E-state index contributed by atoms with van der Waals surface area (Å²) < 4.78 is 52.1. The van der Waals surface area contributed by atoms with Crippen LogP contribution < -0.4 is 25.2 Å². The first-order valence-corrected chi connectivity index (χ1v) is 16.4. The van der Waals surface area contributed by atoms with Crippen LogP contribution in [0.4, 0.5) is 19.1 Å². The number of likely N-dealkylation sites (tertiary alicyclic amines) is 1. The molecule has 2 aliphatic rings. The fourth-order valence-electron chi connectivity index (χ4n) is 5.97. The van der Waals surface area contributed by atoms with E-state index in [0.717, 1.165) is 10.6 Å². The lowest BCUT2D eigenvalue weighted by molar-refractivity contribution is -0.159. The van der Waals surface area contributed by atoms with Gasteiger partial charge in [-0.25, -0.2) is 9.97 Å². The number of benzene rings is 1. The molecular formula is C32H39F3N6O4S. The molecule has 0 spiro atoms. The molecule has 3 aromatic rings. The summed E-state index contributed by atoms with van der Waals surface area (Å²) in [6, 6.07) is 3.58. The zero-order valence-corrected chi connectivity index (χ0v) is 27.6. The molecule has 1 fully saturated rings. The number of nitrogens with one attached hydrogen (secondary N) is 2. The van der Waals surface area contributed by atoms with Crippen molar-refractivity contribution >= 4 is 23.6 Å². The molecule has 4 heterocycles. The number of fused-ring (bicyclic) bond motifs is 1. The fraction of sp³-hybridized carbons (Fsp3) is 0.500. The summed E-state index contributed by atoms with van der Waals surface area (Å²) in [7, 11) is 1.88. The number of aromatic amines is 1. The van der Waals surface area contributed by atoms with Gasteiger partial charge in [-0.1, -0.05) is 0 Å². The SMILES string of the molecule is CCN(C)c1ncc(-c2cc(C(=O)NCc3c(SC)cc(C)[nH]c3=O)c(C)c3c2OC(C)(C2CCN(CC(F)(F)F)CC2)O3)cn1. The molecule has 0 bridgehead atoms. The highest BCUT2D eigenvalue weighted by Gasteiger charge is 2.48. The number of pyridine rings is 1. The van der Waals surface area contributed by atoms with E-state index in [4.69, 9.17) is 9.47 Å². The third kappa shape index (κ3) is 6.97. The number of piperidine rings is 1. The number of carbonyl (C=O) groups is 1. The zero-order valence-electron chi connectivity index (χ0n) is 26.8. The van der Waals surface area contributed by atoms with Crippen molar-refractivity contribution in [3.63, 3.8) is 0 Å². The smallest absolute Gasteiger partial charge is 0.401 e. The average Bonchev–Trinajstić information content (AvgIpc) is 3.38. The van der Waals surface area contributed by atoms with E-state index < -0.39 is 24.4 Å². The van der Waals surface area contributed by atoms with Crippen LogP contribution in [0.5, 0.6) is 11.5 Å². The Morgan fingerprint density at radius 3 is 2.43 bits per heavy atom. The number of halogens is 3. The summed E-state index contributed by atoms with van der Waals surface area (Å²) in [6.45, 7) is 7.65. The van der Waals surface area contributed by atoms with Crippen molar-refractivity contribution in [1.82, 2.24) is 25.2 Å². The van der Waals surface area contributed by atoms with Crippen molar-refractivity contribution in [2.45, 2.75) is 63.9 Å². The minimum absolute atomic E-state index is 0.0171. The van der Waals surface area contributed by atoms with Gasteiger partial charge in [0.15, 0.2) is 11.5 Å². The number of anilines is 1. The highest BCUT2D eigenvalue weighted by Crippen LogP contribution is 2.52. The lowest BCUT2D eigenvalue weighted by Crippen LogP contribution is -2.49. The van der Waals surface area contributed by atoms with Crippen molar-refractivity contribution in [3.8, 4) is 22.6 Å². The van der Waals surface area contributed by atoms with Crippen molar-refractivity contribution < 1.29 is 27.4 Å². The van der Waals surface area contributed by atoms with Gasteiger partial charge >= 0.3 is 6.18 Å². The molecule has 10 nitrogen and oxygen atoms in total. The molecule has 2 N–H and O–H groups in total. The van der Waals surface area contributed by atoms with Gasteiger partial charge in [0.25, 0.3) is 17.3 Å². The number of hydrogen-bond donors (Lipinski definition) is 2. The number of hydrogen-bond acceptors (Lipinski definition) is 9.